The van der Waals surface area contributed by atoms with Crippen LogP contribution >= 0.6 is 24.0 Å². The molecule has 0 saturated heterocycles. The molecule has 0 N–H and O–H groups in total. The molecule has 0 aliphatic carbocycles. The van der Waals surface area contributed by atoms with E-state index in [4.69, 9.17) is 11.6 Å². The van der Waals surface area contributed by atoms with E-state index in [9.17, 15) is 0 Å². The minimum atomic E-state index is 0. The predicted octanol–water partition coefficient (Wildman–Crippen LogP) is 2.42. The molecule has 4 heteroatoms. The van der Waals surface area contributed by atoms with Crippen LogP contribution in [-0.2, 0) is 6.42 Å². The molecule has 0 aromatic carbocycles. The van der Waals surface area contributed by atoms with Crippen LogP contribution in [0.5, 0.6) is 0 Å². The van der Waals surface area contributed by atoms with Crippen molar-refractivity contribution in [3.05, 3.63) is 18.2 Å². The fourth-order valence-electron chi connectivity index (χ4n) is 1.66. The number of rotatable bonds is 1. The third kappa shape index (κ3) is 1.59. The van der Waals surface area contributed by atoms with Crippen molar-refractivity contribution in [3.8, 4) is 0 Å². The lowest BCUT2D eigenvalue weighted by molar-refractivity contribution is 0.430. The van der Waals surface area contributed by atoms with Gasteiger partial charge in [-0.3, -0.25) is 0 Å². The third-order valence-corrected chi connectivity index (χ3v) is 2.61. The number of nitrogens with zero attached hydrogens (tertiary/aromatic N) is 2. The highest BCUT2D eigenvalue weighted by Crippen LogP contribution is 2.24. The van der Waals surface area contributed by atoms with Crippen LogP contribution in [0.15, 0.2) is 12.4 Å². The molecular weight excluding hydrogens is 195 g/mol. The minimum Gasteiger partial charge on any atom is -0.331 e. The molecule has 1 aliphatic rings. The number of hydrogen-bond acceptors (Lipinski definition) is 1. The van der Waals surface area contributed by atoms with Crippen molar-refractivity contribution in [2.75, 3.05) is 5.88 Å². The van der Waals surface area contributed by atoms with Crippen LogP contribution in [0.1, 0.15) is 24.7 Å². The summed E-state index contributed by atoms with van der Waals surface area (Å²) in [7, 11) is 0. The average Bonchev–Trinajstić information content (AvgIpc) is 2.50. The first-order valence-corrected chi connectivity index (χ1v) is 4.53. The topological polar surface area (TPSA) is 17.8 Å². The van der Waals surface area contributed by atoms with Gasteiger partial charge in [0, 0.05) is 30.7 Å². The first-order chi connectivity index (χ1) is 5.42. The molecule has 0 radical (unpaired) electrons. The minimum absolute atomic E-state index is 0. The summed E-state index contributed by atoms with van der Waals surface area (Å²) in [5, 5.41) is 0. The van der Waals surface area contributed by atoms with Crippen LogP contribution in [-0.4, -0.2) is 15.4 Å². The Kier molecular flexibility index (Phi) is 3.41. The molecule has 2 heterocycles. The first-order valence-electron chi connectivity index (χ1n) is 3.99. The van der Waals surface area contributed by atoms with Gasteiger partial charge in [-0.15, -0.1) is 24.0 Å². The lowest BCUT2D eigenvalue weighted by atomic mass is 10.1. The second kappa shape index (κ2) is 4.15. The lowest BCUT2D eigenvalue weighted by Gasteiger charge is -2.22. The predicted molar refractivity (Wildman–Crippen MR) is 52.2 cm³/mol. The van der Waals surface area contributed by atoms with Gasteiger partial charge >= 0.3 is 0 Å². The highest BCUT2D eigenvalue weighted by atomic mass is 35.5. The van der Waals surface area contributed by atoms with E-state index in [-0.39, 0.29) is 12.4 Å². The summed E-state index contributed by atoms with van der Waals surface area (Å²) in [6.07, 6.45) is 7.43. The highest BCUT2D eigenvalue weighted by Gasteiger charge is 2.17. The summed E-state index contributed by atoms with van der Waals surface area (Å²) in [6.45, 7) is 0. The van der Waals surface area contributed by atoms with E-state index in [0.717, 1.165) is 6.42 Å². The van der Waals surface area contributed by atoms with Crippen molar-refractivity contribution >= 4 is 24.0 Å². The molecule has 0 saturated carbocycles. The smallest absolute Gasteiger partial charge is 0.108 e. The number of hydrogen-bond donors (Lipinski definition) is 0. The van der Waals surface area contributed by atoms with Gasteiger partial charge in [0.15, 0.2) is 0 Å². The van der Waals surface area contributed by atoms with E-state index in [1.807, 2.05) is 12.4 Å². The summed E-state index contributed by atoms with van der Waals surface area (Å²) in [5.41, 5.74) is 0. The Hall–Kier alpha value is -0.210. The van der Waals surface area contributed by atoms with E-state index in [2.05, 4.69) is 9.55 Å². The number of alkyl halides is 1. The molecule has 1 aliphatic heterocycles. The molecule has 1 aromatic heterocycles. The van der Waals surface area contributed by atoms with Crippen molar-refractivity contribution in [1.82, 2.24) is 9.55 Å². The molecule has 2 rings (SSSR count). The number of imidazole rings is 1. The Morgan fingerprint density at radius 2 is 2.50 bits per heavy atom. The first kappa shape index (κ1) is 9.87. The van der Waals surface area contributed by atoms with E-state index < -0.39 is 0 Å². The normalized spacial score (nSPS) is 21.2. The zero-order chi connectivity index (χ0) is 7.68. The molecule has 2 nitrogen and oxygen atoms in total. The second-order valence-electron chi connectivity index (χ2n) is 2.95. The maximum atomic E-state index is 5.82. The maximum absolute atomic E-state index is 5.82. The summed E-state index contributed by atoms with van der Waals surface area (Å²) in [6, 6.07) is 0.489. The molecule has 1 unspecified atom stereocenters. The zero-order valence-electron chi connectivity index (χ0n) is 6.74. The Balaban J connectivity index is 0.000000720. The Morgan fingerprint density at radius 3 is 3.25 bits per heavy atom. The van der Waals surface area contributed by atoms with Crippen molar-refractivity contribution in [1.29, 1.82) is 0 Å². The molecule has 0 bridgehead atoms. The van der Waals surface area contributed by atoms with Crippen molar-refractivity contribution in [2.45, 2.75) is 25.3 Å². The van der Waals surface area contributed by atoms with E-state index in [1.54, 1.807) is 0 Å². The molecular formula is C8H12Cl2N2. The molecule has 68 valence electrons. The molecule has 12 heavy (non-hydrogen) atoms. The van der Waals surface area contributed by atoms with Gasteiger partial charge in [0.1, 0.15) is 5.82 Å². The number of aryl methyl sites for hydroxylation is 1. The van der Waals surface area contributed by atoms with Gasteiger partial charge in [-0.25, -0.2) is 4.98 Å². The molecule has 0 fully saturated rings. The number of fused-ring (bicyclic) bond motifs is 1. The van der Waals surface area contributed by atoms with Crippen LogP contribution in [0.3, 0.4) is 0 Å². The molecule has 0 spiro atoms. The Morgan fingerprint density at radius 1 is 1.67 bits per heavy atom. The fraction of sp³-hybridized carbons (Fsp3) is 0.625. The van der Waals surface area contributed by atoms with Gasteiger partial charge in [0.05, 0.1) is 0 Å². The SMILES string of the molecule is Cl.ClCC1CCCc2nccn21. The van der Waals surface area contributed by atoms with Crippen LogP contribution < -0.4 is 0 Å². The van der Waals surface area contributed by atoms with E-state index in [1.165, 1.54) is 18.7 Å². The molecule has 0 amide bonds. The van der Waals surface area contributed by atoms with Gasteiger partial charge in [0.25, 0.3) is 0 Å². The summed E-state index contributed by atoms with van der Waals surface area (Å²) < 4.78 is 2.20. The summed E-state index contributed by atoms with van der Waals surface area (Å²) in [4.78, 5) is 4.26. The quantitative estimate of drug-likeness (QED) is 0.646. The average molecular weight is 207 g/mol. The standard InChI is InChI=1S/C8H11ClN2.ClH/c9-6-7-2-1-3-8-10-4-5-11(7)8;/h4-5,7H,1-3,6H2;1H. The maximum Gasteiger partial charge on any atom is 0.108 e. The third-order valence-electron chi connectivity index (χ3n) is 2.26. The van der Waals surface area contributed by atoms with Crippen LogP contribution in [0, 0.1) is 0 Å². The van der Waals surface area contributed by atoms with Gasteiger partial charge in [-0.2, -0.15) is 0 Å². The monoisotopic (exact) mass is 206 g/mol. The van der Waals surface area contributed by atoms with Crippen molar-refractivity contribution < 1.29 is 0 Å². The lowest BCUT2D eigenvalue weighted by Crippen LogP contribution is -2.18. The zero-order valence-corrected chi connectivity index (χ0v) is 8.31. The molecule has 1 atom stereocenters. The fourth-order valence-corrected chi connectivity index (χ4v) is 1.96. The van der Waals surface area contributed by atoms with E-state index >= 15 is 0 Å². The van der Waals surface area contributed by atoms with Crippen LogP contribution in [0.4, 0.5) is 0 Å². The summed E-state index contributed by atoms with van der Waals surface area (Å²) >= 11 is 5.82. The van der Waals surface area contributed by atoms with E-state index in [0.29, 0.717) is 11.9 Å². The van der Waals surface area contributed by atoms with Crippen molar-refractivity contribution in [3.63, 3.8) is 0 Å². The number of aromatic nitrogens is 2. The van der Waals surface area contributed by atoms with Gasteiger partial charge in [0.2, 0.25) is 0 Å². The summed E-state index contributed by atoms with van der Waals surface area (Å²) in [5.74, 6) is 1.91. The largest absolute Gasteiger partial charge is 0.331 e. The Bertz CT molecular complexity index is 247. The van der Waals surface area contributed by atoms with Crippen molar-refractivity contribution in [2.24, 2.45) is 0 Å². The van der Waals surface area contributed by atoms with Crippen LogP contribution in [0.2, 0.25) is 0 Å². The molecule has 1 aromatic rings. The number of halogens is 2. The van der Waals surface area contributed by atoms with Crippen LogP contribution in [0.25, 0.3) is 0 Å². The Labute approximate surface area is 83.3 Å². The van der Waals surface area contributed by atoms with Gasteiger partial charge in [-0.1, -0.05) is 0 Å². The highest BCUT2D eigenvalue weighted by molar-refractivity contribution is 6.18. The van der Waals surface area contributed by atoms with Gasteiger partial charge < -0.3 is 4.57 Å². The second-order valence-corrected chi connectivity index (χ2v) is 3.26. The van der Waals surface area contributed by atoms with Gasteiger partial charge in [-0.05, 0) is 12.8 Å².